The van der Waals surface area contributed by atoms with Gasteiger partial charge in [-0.15, -0.1) is 24.6 Å². The molecular formula is C24H29ClO2SiZr. The Morgan fingerprint density at radius 3 is 1.38 bits per heavy atom. The van der Waals surface area contributed by atoms with Crippen LogP contribution in [0.4, 0.5) is 0 Å². The second-order valence-electron chi connectivity index (χ2n) is 7.27. The summed E-state index contributed by atoms with van der Waals surface area (Å²) in [4.78, 5) is 0. The van der Waals surface area contributed by atoms with Crippen molar-refractivity contribution in [3.63, 3.8) is 0 Å². The van der Waals surface area contributed by atoms with Gasteiger partial charge in [-0.1, -0.05) is 51.7 Å². The Morgan fingerprint density at radius 2 is 1.17 bits per heavy atom. The van der Waals surface area contributed by atoms with Crippen LogP contribution in [0, 0.1) is 24.0 Å². The molecule has 0 bridgehead atoms. The Kier molecular flexibility index (Phi) is 11.2. The number of hydrogen-bond donors (Lipinski definition) is 0. The second-order valence-corrected chi connectivity index (χ2v) is 16.6. The number of furan rings is 2. The quantitative estimate of drug-likeness (QED) is 0.316. The van der Waals surface area contributed by atoms with E-state index in [1.54, 1.807) is 35.9 Å². The Morgan fingerprint density at radius 1 is 0.828 bits per heavy atom. The summed E-state index contributed by atoms with van der Waals surface area (Å²) in [5.41, 5.74) is 4.97. The molecule has 2 heterocycles. The first kappa shape index (κ1) is 25.9. The van der Waals surface area contributed by atoms with Gasteiger partial charge in [0.05, 0.1) is 12.5 Å². The van der Waals surface area contributed by atoms with Crippen LogP contribution in [0.1, 0.15) is 39.2 Å². The third-order valence-electron chi connectivity index (χ3n) is 4.07. The van der Waals surface area contributed by atoms with Gasteiger partial charge in [0.25, 0.3) is 0 Å². The normalized spacial score (nSPS) is 19.4. The van der Waals surface area contributed by atoms with Crippen molar-refractivity contribution >= 4 is 29.0 Å². The van der Waals surface area contributed by atoms with Crippen LogP contribution < -0.4 is 0 Å². The maximum absolute atomic E-state index is 5.30. The van der Waals surface area contributed by atoms with Gasteiger partial charge in [-0.2, -0.15) is 34.4 Å². The van der Waals surface area contributed by atoms with Crippen LogP contribution in [0.5, 0.6) is 0 Å². The molecular weight excluding hydrogens is 475 g/mol. The third kappa shape index (κ3) is 8.28. The molecule has 0 saturated carbocycles. The molecule has 2 aromatic heterocycles. The predicted octanol–water partition coefficient (Wildman–Crippen LogP) is 7.33. The summed E-state index contributed by atoms with van der Waals surface area (Å²) in [7, 11) is 0. The van der Waals surface area contributed by atoms with Gasteiger partial charge in [-0.3, -0.25) is 0 Å². The monoisotopic (exact) mass is 502 g/mol. The fourth-order valence-corrected chi connectivity index (χ4v) is 3.06. The summed E-state index contributed by atoms with van der Waals surface area (Å²) >= 11 is 1.74. The zero-order chi connectivity index (χ0) is 20.7. The van der Waals surface area contributed by atoms with E-state index in [2.05, 4.69) is 65.1 Å². The molecule has 29 heavy (non-hydrogen) atoms. The van der Waals surface area contributed by atoms with Crippen LogP contribution in [0.2, 0.25) is 13.1 Å². The standard InChI is InChI=1S/2C11H11O.C2H6Si.ClH.Zr/c2*1-8-6-9(2)10(7-8)11-4-3-5-12-11;1-3-2;;/h2*3-6,8H,1-2H3;1-2H3;1H;/q2*-1;;;+2. The van der Waals surface area contributed by atoms with Crippen LogP contribution in [-0.2, 0) is 23.3 Å². The van der Waals surface area contributed by atoms with E-state index in [9.17, 15) is 0 Å². The zero-order valence-corrected chi connectivity index (χ0v) is 22.3. The summed E-state index contributed by atoms with van der Waals surface area (Å²) in [6, 6.07) is 7.75. The first-order valence-corrected chi connectivity index (χ1v) is 15.7. The Bertz CT molecular complexity index is 829. The first-order chi connectivity index (χ1) is 13.3. The topological polar surface area (TPSA) is 26.3 Å². The van der Waals surface area contributed by atoms with E-state index in [4.69, 9.17) is 8.83 Å². The molecule has 0 radical (unpaired) electrons. The van der Waals surface area contributed by atoms with Gasteiger partial charge >= 0.3 is 41.9 Å². The first-order valence-electron chi connectivity index (χ1n) is 9.52. The van der Waals surface area contributed by atoms with Crippen LogP contribution in [0.25, 0.3) is 11.1 Å². The number of rotatable bonds is 2. The van der Waals surface area contributed by atoms with Gasteiger partial charge in [0.1, 0.15) is 0 Å². The molecule has 2 nitrogen and oxygen atoms in total. The van der Waals surface area contributed by atoms with Crippen molar-refractivity contribution in [3.05, 3.63) is 83.8 Å². The van der Waals surface area contributed by atoms with E-state index in [0.717, 1.165) is 22.7 Å². The van der Waals surface area contributed by atoms with Crippen molar-refractivity contribution in [2.75, 3.05) is 0 Å². The number of allylic oxidation sites excluding steroid dienone is 8. The van der Waals surface area contributed by atoms with E-state index >= 15 is 0 Å². The molecule has 0 amide bonds. The number of halogens is 1. The van der Waals surface area contributed by atoms with Gasteiger partial charge in [0.2, 0.25) is 0 Å². The molecule has 152 valence electrons. The molecule has 0 saturated heterocycles. The molecule has 2 atom stereocenters. The minimum atomic E-state index is 0. The molecule has 2 unspecified atom stereocenters. The van der Waals surface area contributed by atoms with E-state index < -0.39 is 0 Å². The van der Waals surface area contributed by atoms with Crippen molar-refractivity contribution in [2.45, 2.75) is 40.8 Å². The van der Waals surface area contributed by atoms with Crippen LogP contribution in [0.3, 0.4) is 0 Å². The van der Waals surface area contributed by atoms with Crippen LogP contribution in [0.15, 0.2) is 68.9 Å². The van der Waals surface area contributed by atoms with Crippen molar-refractivity contribution in [1.82, 2.24) is 0 Å². The molecule has 2 aliphatic rings. The summed E-state index contributed by atoms with van der Waals surface area (Å²) in [6.45, 7) is 13.0. The maximum atomic E-state index is 5.30. The van der Waals surface area contributed by atoms with Gasteiger partial charge in [-0.05, 0) is 12.1 Å². The van der Waals surface area contributed by atoms with E-state index in [0.29, 0.717) is 11.8 Å². The zero-order valence-electron chi connectivity index (χ0n) is 18.0. The average Bonchev–Trinajstić information content (AvgIpc) is 3.36. The summed E-state index contributed by atoms with van der Waals surface area (Å²) < 4.78 is 10.6. The van der Waals surface area contributed by atoms with Crippen LogP contribution in [-0.4, -0.2) is 5.43 Å². The third-order valence-corrected chi connectivity index (χ3v) is 4.07. The van der Waals surface area contributed by atoms with Crippen molar-refractivity contribution in [1.29, 1.82) is 0 Å². The van der Waals surface area contributed by atoms with Gasteiger partial charge in [0.15, 0.2) is 0 Å². The minimum absolute atomic E-state index is 0. The molecule has 0 aromatic carbocycles. The van der Waals surface area contributed by atoms with E-state index in [-0.39, 0.29) is 17.8 Å². The second kappa shape index (κ2) is 12.6. The Labute approximate surface area is 196 Å². The maximum Gasteiger partial charge on any atom is -0.147 e. The molecule has 2 aromatic rings. The molecule has 4 rings (SSSR count). The Hall–Kier alpha value is -1.09. The van der Waals surface area contributed by atoms with Crippen molar-refractivity contribution in [2.24, 2.45) is 11.8 Å². The largest absolute Gasteiger partial charge is 0.147 e. The number of hydrogen-bond acceptors (Lipinski definition) is 2. The fraction of sp³-hybridized carbons (Fsp3) is 0.333. The molecule has 5 heteroatoms. The van der Waals surface area contributed by atoms with Gasteiger partial charge in [-0.25, -0.2) is 0 Å². The average molecular weight is 504 g/mol. The smallest absolute Gasteiger partial charge is 0.147 e. The van der Waals surface area contributed by atoms with Gasteiger partial charge < -0.3 is 8.83 Å². The molecule has 0 aliphatic heterocycles. The SMILES string of the molecule is CC1=CC(C)[C-]=C1c1ccco1.CC1=CC(C)[C-]=C1c1ccco1.C[Si](C)=[Zr+2].Cl. The van der Waals surface area contributed by atoms with E-state index in [1.165, 1.54) is 11.1 Å². The minimum Gasteiger partial charge on any atom is -0.147 e. The summed E-state index contributed by atoms with van der Waals surface area (Å²) in [5, 5.41) is 0. The summed E-state index contributed by atoms with van der Waals surface area (Å²) in [5.74, 6) is 2.69. The molecule has 0 N–H and O–H groups in total. The molecule has 2 aliphatic carbocycles. The van der Waals surface area contributed by atoms with Crippen LogP contribution >= 0.6 is 12.4 Å². The molecule has 0 spiro atoms. The van der Waals surface area contributed by atoms with Crippen molar-refractivity contribution in [3.8, 4) is 0 Å². The fourth-order valence-electron chi connectivity index (χ4n) is 3.06. The van der Waals surface area contributed by atoms with Gasteiger partial charge in [0, 0.05) is 11.5 Å². The summed E-state index contributed by atoms with van der Waals surface area (Å²) in [6.07, 6.45) is 14.4. The predicted molar refractivity (Wildman–Crippen MR) is 121 cm³/mol. The van der Waals surface area contributed by atoms with Crippen molar-refractivity contribution < 1.29 is 32.2 Å². The Balaban J connectivity index is 0.000000239. The molecule has 0 fully saturated rings. The van der Waals surface area contributed by atoms with E-state index in [1.807, 2.05) is 24.3 Å².